The Labute approximate surface area is 215 Å². The van der Waals surface area contributed by atoms with E-state index in [-0.39, 0.29) is 40.3 Å². The molecule has 0 aliphatic heterocycles. The number of aliphatic hydroxyl groups excluding tert-OH is 1. The number of rotatable bonds is 8. The molecule has 0 fully saturated rings. The van der Waals surface area contributed by atoms with Gasteiger partial charge in [-0.1, -0.05) is 41.4 Å². The maximum absolute atomic E-state index is 13.3. The summed E-state index contributed by atoms with van der Waals surface area (Å²) in [6, 6.07) is 15.9. The summed E-state index contributed by atoms with van der Waals surface area (Å²) in [6.07, 6.45) is 1.45. The van der Waals surface area contributed by atoms with Crippen LogP contribution in [0.4, 0.5) is 10.2 Å². The fourth-order valence-electron chi connectivity index (χ4n) is 3.36. The molecule has 0 radical (unpaired) electrons. The Balaban J connectivity index is 1.68. The van der Waals surface area contributed by atoms with Crippen LogP contribution in [0.15, 0.2) is 66.9 Å². The molecule has 0 aliphatic carbocycles. The third-order valence-corrected chi connectivity index (χ3v) is 5.73. The largest absolute Gasteiger partial charge is 0.396 e. The van der Waals surface area contributed by atoms with Crippen molar-refractivity contribution in [2.45, 2.75) is 6.42 Å². The summed E-state index contributed by atoms with van der Waals surface area (Å²) in [7, 11) is 0. The van der Waals surface area contributed by atoms with E-state index in [0.29, 0.717) is 23.4 Å². The standard InChI is InChI=1S/C25H20Cl2FN5O3/c26-19-12-20(27)18(11-17(19)21-8-7-15(28)14-30-21)24(35)31-23-13-22(25(36)29-9-4-10-34)32-33(23)16-5-2-1-3-6-16/h1-3,5-8,11-14,34H,4,9-10H2,(H,29,36)(H,31,35). The summed E-state index contributed by atoms with van der Waals surface area (Å²) in [5, 5.41) is 19.0. The van der Waals surface area contributed by atoms with E-state index in [1.54, 1.807) is 24.3 Å². The predicted molar refractivity (Wildman–Crippen MR) is 135 cm³/mol. The molecule has 0 atom stereocenters. The molecular weight excluding hydrogens is 508 g/mol. The maximum atomic E-state index is 13.3. The molecule has 36 heavy (non-hydrogen) atoms. The van der Waals surface area contributed by atoms with Crippen molar-refractivity contribution >= 4 is 40.8 Å². The Morgan fingerprint density at radius 2 is 1.78 bits per heavy atom. The van der Waals surface area contributed by atoms with Crippen LogP contribution in [0.1, 0.15) is 27.3 Å². The van der Waals surface area contributed by atoms with E-state index >= 15 is 0 Å². The zero-order valence-corrected chi connectivity index (χ0v) is 20.2. The fraction of sp³-hybridized carbons (Fsp3) is 0.120. The van der Waals surface area contributed by atoms with Crippen LogP contribution in [0.5, 0.6) is 0 Å². The molecule has 0 spiro atoms. The quantitative estimate of drug-likeness (QED) is 0.286. The second-order valence-electron chi connectivity index (χ2n) is 7.62. The van der Waals surface area contributed by atoms with Gasteiger partial charge in [0.2, 0.25) is 0 Å². The van der Waals surface area contributed by atoms with E-state index in [0.717, 1.165) is 6.20 Å². The van der Waals surface area contributed by atoms with Crippen molar-refractivity contribution in [1.82, 2.24) is 20.1 Å². The van der Waals surface area contributed by atoms with Gasteiger partial charge in [0.25, 0.3) is 11.8 Å². The first-order chi connectivity index (χ1) is 17.4. The van der Waals surface area contributed by atoms with Crippen LogP contribution in [-0.2, 0) is 0 Å². The highest BCUT2D eigenvalue weighted by molar-refractivity contribution is 6.38. The normalized spacial score (nSPS) is 10.8. The lowest BCUT2D eigenvalue weighted by Gasteiger charge is -2.12. The van der Waals surface area contributed by atoms with E-state index < -0.39 is 17.6 Å². The van der Waals surface area contributed by atoms with Crippen LogP contribution in [-0.4, -0.2) is 44.8 Å². The molecule has 4 aromatic rings. The van der Waals surface area contributed by atoms with E-state index in [9.17, 15) is 14.0 Å². The molecule has 0 saturated carbocycles. The van der Waals surface area contributed by atoms with Crippen molar-refractivity contribution in [2.75, 3.05) is 18.5 Å². The minimum Gasteiger partial charge on any atom is -0.396 e. The number of anilines is 1. The van der Waals surface area contributed by atoms with E-state index in [1.807, 2.05) is 6.07 Å². The predicted octanol–water partition coefficient (Wildman–Crippen LogP) is 4.74. The molecule has 2 amide bonds. The molecule has 2 aromatic heterocycles. The van der Waals surface area contributed by atoms with Gasteiger partial charge in [-0.05, 0) is 42.8 Å². The number of para-hydroxylation sites is 1. The number of hydrogen-bond acceptors (Lipinski definition) is 5. The lowest BCUT2D eigenvalue weighted by atomic mass is 10.1. The van der Waals surface area contributed by atoms with Crippen molar-refractivity contribution in [3.8, 4) is 16.9 Å². The van der Waals surface area contributed by atoms with Crippen molar-refractivity contribution in [2.24, 2.45) is 0 Å². The smallest absolute Gasteiger partial charge is 0.271 e. The maximum Gasteiger partial charge on any atom is 0.271 e. The second kappa shape index (κ2) is 11.3. The number of benzene rings is 2. The molecule has 0 bridgehead atoms. The first-order valence-corrected chi connectivity index (χ1v) is 11.6. The zero-order chi connectivity index (χ0) is 25.7. The summed E-state index contributed by atoms with van der Waals surface area (Å²) in [4.78, 5) is 29.8. The summed E-state index contributed by atoms with van der Waals surface area (Å²) in [6.45, 7) is 0.215. The van der Waals surface area contributed by atoms with Crippen LogP contribution >= 0.6 is 23.2 Å². The molecule has 184 valence electrons. The zero-order valence-electron chi connectivity index (χ0n) is 18.7. The monoisotopic (exact) mass is 527 g/mol. The Morgan fingerprint density at radius 1 is 1.00 bits per heavy atom. The molecular formula is C25H20Cl2FN5O3. The SMILES string of the molecule is O=C(NCCCO)c1cc(NC(=O)c2cc(-c3ccc(F)cn3)c(Cl)cc2Cl)n(-c2ccccc2)n1. The first kappa shape index (κ1) is 25.3. The number of nitrogens with one attached hydrogen (secondary N) is 2. The number of amides is 2. The Morgan fingerprint density at radius 3 is 2.47 bits per heavy atom. The summed E-state index contributed by atoms with van der Waals surface area (Å²) < 4.78 is 14.7. The van der Waals surface area contributed by atoms with Crippen molar-refractivity contribution < 1.29 is 19.1 Å². The van der Waals surface area contributed by atoms with Gasteiger partial charge < -0.3 is 15.7 Å². The van der Waals surface area contributed by atoms with Gasteiger partial charge >= 0.3 is 0 Å². The molecule has 0 unspecified atom stereocenters. The molecule has 4 rings (SSSR count). The minimum atomic E-state index is -0.579. The number of hydrogen-bond donors (Lipinski definition) is 3. The van der Waals surface area contributed by atoms with Gasteiger partial charge in [-0.25, -0.2) is 9.07 Å². The number of aromatic nitrogens is 3. The Hall–Kier alpha value is -3.79. The van der Waals surface area contributed by atoms with Crippen LogP contribution in [0.25, 0.3) is 16.9 Å². The Bertz CT molecular complexity index is 1400. The average molecular weight is 528 g/mol. The van der Waals surface area contributed by atoms with Gasteiger partial charge in [0.1, 0.15) is 11.6 Å². The second-order valence-corrected chi connectivity index (χ2v) is 8.44. The molecule has 0 aliphatic rings. The number of aliphatic hydroxyl groups is 1. The number of carbonyl (C=O) groups excluding carboxylic acids is 2. The molecule has 0 saturated heterocycles. The van der Waals surface area contributed by atoms with Crippen molar-refractivity contribution in [1.29, 1.82) is 0 Å². The lowest BCUT2D eigenvalue weighted by molar-refractivity contribution is 0.0944. The highest BCUT2D eigenvalue weighted by Crippen LogP contribution is 2.32. The van der Waals surface area contributed by atoms with Crippen molar-refractivity contribution in [3.63, 3.8) is 0 Å². The highest BCUT2D eigenvalue weighted by atomic mass is 35.5. The van der Waals surface area contributed by atoms with Gasteiger partial charge in [-0.3, -0.25) is 14.6 Å². The highest BCUT2D eigenvalue weighted by Gasteiger charge is 2.20. The molecule has 3 N–H and O–H groups in total. The third kappa shape index (κ3) is 5.71. The van der Waals surface area contributed by atoms with Crippen LogP contribution in [0.2, 0.25) is 10.0 Å². The molecule has 8 nitrogen and oxygen atoms in total. The van der Waals surface area contributed by atoms with Crippen molar-refractivity contribution in [3.05, 3.63) is 94.0 Å². The number of pyridine rings is 1. The number of nitrogens with zero attached hydrogens (tertiary/aromatic N) is 3. The lowest BCUT2D eigenvalue weighted by Crippen LogP contribution is -2.25. The third-order valence-electron chi connectivity index (χ3n) is 5.11. The molecule has 2 heterocycles. The topological polar surface area (TPSA) is 109 Å². The Kier molecular flexibility index (Phi) is 7.94. The summed E-state index contributed by atoms with van der Waals surface area (Å²) >= 11 is 12.6. The van der Waals surface area contributed by atoms with Crippen LogP contribution in [0, 0.1) is 5.82 Å². The van der Waals surface area contributed by atoms with E-state index in [1.165, 1.54) is 35.0 Å². The van der Waals surface area contributed by atoms with Gasteiger partial charge in [-0.2, -0.15) is 5.10 Å². The van der Waals surface area contributed by atoms with Gasteiger partial charge in [-0.15, -0.1) is 0 Å². The van der Waals surface area contributed by atoms with Gasteiger partial charge in [0.05, 0.1) is 33.2 Å². The number of carbonyl (C=O) groups is 2. The fourth-order valence-corrected chi connectivity index (χ4v) is 3.92. The number of halogens is 3. The van der Waals surface area contributed by atoms with Crippen LogP contribution in [0.3, 0.4) is 0 Å². The molecule has 2 aromatic carbocycles. The van der Waals surface area contributed by atoms with Crippen LogP contribution < -0.4 is 10.6 Å². The minimum absolute atomic E-state index is 0.0582. The van der Waals surface area contributed by atoms with E-state index in [2.05, 4.69) is 20.7 Å². The molecule has 11 heteroatoms. The van der Waals surface area contributed by atoms with E-state index in [4.69, 9.17) is 28.3 Å². The van der Waals surface area contributed by atoms with Gasteiger partial charge in [0.15, 0.2) is 5.69 Å². The van der Waals surface area contributed by atoms with Gasteiger partial charge in [0, 0.05) is 24.8 Å². The summed E-state index contributed by atoms with van der Waals surface area (Å²) in [5.74, 6) is -1.31. The first-order valence-electron chi connectivity index (χ1n) is 10.8. The summed E-state index contributed by atoms with van der Waals surface area (Å²) in [5.41, 5.74) is 1.54. The average Bonchev–Trinajstić information content (AvgIpc) is 3.29.